The first-order chi connectivity index (χ1) is 19.5. The van der Waals surface area contributed by atoms with E-state index < -0.39 is 5.60 Å². The molecule has 0 unspecified atom stereocenters. The van der Waals surface area contributed by atoms with Gasteiger partial charge >= 0.3 is 6.09 Å². The van der Waals surface area contributed by atoms with Crippen molar-refractivity contribution < 1.29 is 9.53 Å². The van der Waals surface area contributed by atoms with Crippen molar-refractivity contribution in [3.8, 4) is 17.2 Å². The molecule has 1 fully saturated rings. The van der Waals surface area contributed by atoms with Crippen LogP contribution in [0.25, 0.3) is 22.8 Å². The van der Waals surface area contributed by atoms with Crippen molar-refractivity contribution in [3.05, 3.63) is 81.6 Å². The molecular weight excluding hydrogens is 555 g/mol. The number of anilines is 1. The van der Waals surface area contributed by atoms with E-state index in [0.29, 0.717) is 22.2 Å². The summed E-state index contributed by atoms with van der Waals surface area (Å²) in [5, 5.41) is 10.5. The summed E-state index contributed by atoms with van der Waals surface area (Å²) in [4.78, 5) is 21.7. The number of ether oxygens (including phenoxy) is 1. The maximum atomic E-state index is 12.9. The number of nitrogens with zero attached hydrogens (tertiary/aromatic N) is 4. The first-order valence-corrected chi connectivity index (χ1v) is 14.6. The highest BCUT2D eigenvalue weighted by molar-refractivity contribution is 6.35. The number of amides is 1. The van der Waals surface area contributed by atoms with Crippen molar-refractivity contribution in [1.82, 2.24) is 9.88 Å². The third kappa shape index (κ3) is 7.61. The van der Waals surface area contributed by atoms with E-state index in [0.717, 1.165) is 59.4 Å². The van der Waals surface area contributed by atoms with Gasteiger partial charge in [-0.05, 0) is 101 Å². The lowest BCUT2D eigenvalue weighted by molar-refractivity contribution is 0.0149. The van der Waals surface area contributed by atoms with E-state index in [2.05, 4.69) is 22.0 Å². The van der Waals surface area contributed by atoms with Crippen LogP contribution in [-0.4, -0.2) is 47.3 Å². The minimum atomic E-state index is -0.540. The van der Waals surface area contributed by atoms with Crippen LogP contribution in [0.5, 0.6) is 0 Å². The number of rotatable bonds is 6. The first-order valence-electron chi connectivity index (χ1n) is 13.9. The molecule has 214 valence electrons. The van der Waals surface area contributed by atoms with Gasteiger partial charge in [-0.2, -0.15) is 5.26 Å². The van der Waals surface area contributed by atoms with Gasteiger partial charge in [0.2, 0.25) is 0 Å². The second-order valence-electron chi connectivity index (χ2n) is 11.3. The standard InChI is InChI=1S/C33H36Cl2N4O2/c1-6-39(32(40)41-33(3,4)5)29-10-12-38(13-11-29)31-26(14-22(2)24-9-7-8-23(15-24)19-36)20-37-21-30(31)25-16-27(34)18-28(35)17-25/h7-9,14-18,20-21,29H,6,10-13H2,1-5H3/b22-14+. The highest BCUT2D eigenvalue weighted by Gasteiger charge is 2.31. The molecule has 6 nitrogen and oxygen atoms in total. The fourth-order valence-electron chi connectivity index (χ4n) is 5.26. The smallest absolute Gasteiger partial charge is 0.410 e. The van der Waals surface area contributed by atoms with Crippen LogP contribution in [-0.2, 0) is 4.74 Å². The van der Waals surface area contributed by atoms with Crippen molar-refractivity contribution >= 4 is 46.6 Å². The van der Waals surface area contributed by atoms with E-state index in [-0.39, 0.29) is 12.1 Å². The summed E-state index contributed by atoms with van der Waals surface area (Å²) in [5.41, 5.74) is 5.87. The molecular formula is C33H36Cl2N4O2. The minimum absolute atomic E-state index is 0.0893. The lowest BCUT2D eigenvalue weighted by Crippen LogP contribution is -2.49. The molecule has 1 aromatic heterocycles. The lowest BCUT2D eigenvalue weighted by Gasteiger charge is -2.40. The molecule has 1 saturated heterocycles. The Morgan fingerprint density at radius 2 is 1.83 bits per heavy atom. The Morgan fingerprint density at radius 1 is 1.15 bits per heavy atom. The van der Waals surface area contributed by atoms with Crippen LogP contribution in [0.15, 0.2) is 54.9 Å². The molecule has 1 aliphatic heterocycles. The number of aromatic nitrogens is 1. The predicted molar refractivity (Wildman–Crippen MR) is 168 cm³/mol. The monoisotopic (exact) mass is 590 g/mol. The zero-order valence-corrected chi connectivity index (χ0v) is 25.8. The van der Waals surface area contributed by atoms with Gasteiger partial charge in [0.05, 0.1) is 17.3 Å². The number of nitriles is 1. The van der Waals surface area contributed by atoms with E-state index in [1.165, 1.54) is 0 Å². The molecule has 1 amide bonds. The van der Waals surface area contributed by atoms with Gasteiger partial charge in [0.25, 0.3) is 0 Å². The molecule has 3 aromatic rings. The van der Waals surface area contributed by atoms with Crippen molar-refractivity contribution in [1.29, 1.82) is 5.26 Å². The largest absolute Gasteiger partial charge is 0.444 e. The lowest BCUT2D eigenvalue weighted by atomic mass is 9.96. The molecule has 0 aliphatic carbocycles. The van der Waals surface area contributed by atoms with Crippen molar-refractivity contribution in [2.24, 2.45) is 0 Å². The molecule has 2 heterocycles. The predicted octanol–water partition coefficient (Wildman–Crippen LogP) is 8.71. The van der Waals surface area contributed by atoms with Crippen molar-refractivity contribution in [3.63, 3.8) is 0 Å². The maximum Gasteiger partial charge on any atom is 0.410 e. The summed E-state index contributed by atoms with van der Waals surface area (Å²) < 4.78 is 5.69. The molecule has 2 aromatic carbocycles. The minimum Gasteiger partial charge on any atom is -0.444 e. The van der Waals surface area contributed by atoms with E-state index in [1.54, 1.807) is 12.1 Å². The number of piperidine rings is 1. The first kappa shape index (κ1) is 30.4. The van der Waals surface area contributed by atoms with Crippen molar-refractivity contribution in [2.75, 3.05) is 24.5 Å². The Bertz CT molecular complexity index is 1460. The van der Waals surface area contributed by atoms with Gasteiger partial charge in [0.1, 0.15) is 5.60 Å². The summed E-state index contributed by atoms with van der Waals surface area (Å²) in [6.07, 6.45) is 7.17. The second-order valence-corrected chi connectivity index (χ2v) is 12.2. The number of pyridine rings is 1. The Kier molecular flexibility index (Phi) is 9.63. The summed E-state index contributed by atoms with van der Waals surface area (Å²) in [6.45, 7) is 11.8. The van der Waals surface area contributed by atoms with Crippen LogP contribution in [0.1, 0.15) is 64.2 Å². The van der Waals surface area contributed by atoms with Crippen LogP contribution >= 0.6 is 23.2 Å². The highest BCUT2D eigenvalue weighted by atomic mass is 35.5. The molecule has 1 aliphatic rings. The zero-order valence-electron chi connectivity index (χ0n) is 24.2. The normalized spacial score (nSPS) is 14.5. The summed E-state index contributed by atoms with van der Waals surface area (Å²) >= 11 is 12.8. The molecule has 8 heteroatoms. The van der Waals surface area contributed by atoms with E-state index in [1.807, 2.05) is 82.2 Å². The number of halogens is 2. The van der Waals surface area contributed by atoms with Crippen LogP contribution < -0.4 is 4.90 Å². The number of carbonyl (C=O) groups is 1. The number of allylic oxidation sites excluding steroid dienone is 1. The molecule has 41 heavy (non-hydrogen) atoms. The van der Waals surface area contributed by atoms with Gasteiger partial charge in [-0.3, -0.25) is 4.98 Å². The number of benzene rings is 2. The Balaban J connectivity index is 1.72. The Labute approximate surface area is 253 Å². The Morgan fingerprint density at radius 3 is 2.44 bits per heavy atom. The summed E-state index contributed by atoms with van der Waals surface area (Å²) in [7, 11) is 0. The van der Waals surface area contributed by atoms with E-state index in [9.17, 15) is 10.1 Å². The van der Waals surface area contributed by atoms with Gasteiger partial charge in [0.15, 0.2) is 0 Å². The fraction of sp³-hybridized carbons (Fsp3) is 0.364. The third-order valence-corrected chi connectivity index (χ3v) is 7.57. The molecule has 0 N–H and O–H groups in total. The SMILES string of the molecule is CCN(C(=O)OC(C)(C)C)C1CCN(c2c(/C=C(\C)c3cccc(C#N)c3)cncc2-c2cc(Cl)cc(Cl)c2)CC1. The van der Waals surface area contributed by atoms with Gasteiger partial charge in [-0.25, -0.2) is 4.79 Å². The third-order valence-electron chi connectivity index (χ3n) is 7.13. The molecule has 0 atom stereocenters. The van der Waals surface area contributed by atoms with Crippen LogP contribution in [0.4, 0.5) is 10.5 Å². The quantitative estimate of drug-likeness (QED) is 0.287. The van der Waals surface area contributed by atoms with Gasteiger partial charge in [-0.15, -0.1) is 0 Å². The zero-order chi connectivity index (χ0) is 29.7. The maximum absolute atomic E-state index is 12.9. The molecule has 0 radical (unpaired) electrons. The van der Waals surface area contributed by atoms with Crippen LogP contribution in [0.2, 0.25) is 10.0 Å². The fourth-order valence-corrected chi connectivity index (χ4v) is 5.78. The average molecular weight is 592 g/mol. The van der Waals surface area contributed by atoms with E-state index in [4.69, 9.17) is 27.9 Å². The van der Waals surface area contributed by atoms with E-state index >= 15 is 0 Å². The number of carbonyl (C=O) groups excluding carboxylic acids is 1. The molecule has 0 saturated carbocycles. The highest BCUT2D eigenvalue weighted by Crippen LogP contribution is 2.39. The number of hydrogen-bond donors (Lipinski definition) is 0. The van der Waals surface area contributed by atoms with Crippen molar-refractivity contribution in [2.45, 2.75) is 59.1 Å². The average Bonchev–Trinajstić information content (AvgIpc) is 2.92. The van der Waals surface area contributed by atoms with Crippen LogP contribution in [0, 0.1) is 11.3 Å². The molecule has 0 bridgehead atoms. The van der Waals surface area contributed by atoms with Gasteiger partial charge < -0.3 is 14.5 Å². The van der Waals surface area contributed by atoms with Gasteiger partial charge in [-0.1, -0.05) is 35.3 Å². The summed E-state index contributed by atoms with van der Waals surface area (Å²) in [5.74, 6) is 0. The second kappa shape index (κ2) is 13.0. The van der Waals surface area contributed by atoms with Crippen LogP contribution in [0.3, 0.4) is 0 Å². The molecule has 0 spiro atoms. The number of hydrogen-bond acceptors (Lipinski definition) is 5. The topological polar surface area (TPSA) is 69.5 Å². The van der Waals surface area contributed by atoms with Gasteiger partial charge in [0, 0.05) is 59.2 Å². The summed E-state index contributed by atoms with van der Waals surface area (Å²) in [6, 6.07) is 15.4. The Hall–Kier alpha value is -3.53. The molecule has 4 rings (SSSR count).